The predicted octanol–water partition coefficient (Wildman–Crippen LogP) is 1.64. The maximum atomic E-state index is 12.1. The van der Waals surface area contributed by atoms with Gasteiger partial charge in [-0.1, -0.05) is 0 Å². The number of amides is 1. The van der Waals surface area contributed by atoms with E-state index in [1.165, 1.54) is 32.5 Å². The molecule has 0 aliphatic heterocycles. The Balaban J connectivity index is 2.29. The van der Waals surface area contributed by atoms with Gasteiger partial charge >= 0.3 is 0 Å². The summed E-state index contributed by atoms with van der Waals surface area (Å²) in [4.78, 5) is 26.0. The number of carbonyl (C=O) groups excluding carboxylic acids is 1. The number of hydrogen-bond donors (Lipinski definition) is 2. The van der Waals surface area contributed by atoms with Gasteiger partial charge in [-0.25, -0.2) is 0 Å². The van der Waals surface area contributed by atoms with Crippen LogP contribution < -0.4 is 20.2 Å². The zero-order valence-electron chi connectivity index (χ0n) is 11.1. The highest BCUT2D eigenvalue weighted by molar-refractivity contribution is 6.03. The van der Waals surface area contributed by atoms with E-state index in [0.29, 0.717) is 17.2 Å². The lowest BCUT2D eigenvalue weighted by Crippen LogP contribution is -2.16. The topological polar surface area (TPSA) is 80.4 Å². The van der Waals surface area contributed by atoms with Crippen LogP contribution in [0.25, 0.3) is 0 Å². The molecule has 104 valence electrons. The fraction of sp³-hybridized carbons (Fsp3) is 0.143. The molecule has 20 heavy (non-hydrogen) atoms. The molecule has 1 heterocycles. The number of anilines is 1. The molecule has 1 aromatic heterocycles. The minimum atomic E-state index is -0.436. The predicted molar refractivity (Wildman–Crippen MR) is 74.6 cm³/mol. The molecule has 0 atom stereocenters. The van der Waals surface area contributed by atoms with E-state index < -0.39 is 5.91 Å². The maximum absolute atomic E-state index is 12.1. The van der Waals surface area contributed by atoms with Crippen LogP contribution in [0.15, 0.2) is 41.3 Å². The van der Waals surface area contributed by atoms with Crippen molar-refractivity contribution in [2.75, 3.05) is 19.5 Å². The fourth-order valence-corrected chi connectivity index (χ4v) is 1.68. The van der Waals surface area contributed by atoms with E-state index in [1.807, 2.05) is 0 Å². The summed E-state index contributed by atoms with van der Waals surface area (Å²) in [6, 6.07) is 7.60. The third-order valence-corrected chi connectivity index (χ3v) is 2.67. The summed E-state index contributed by atoms with van der Waals surface area (Å²) < 4.78 is 10.3. The molecule has 6 nitrogen and oxygen atoms in total. The summed E-state index contributed by atoms with van der Waals surface area (Å²) in [5, 5.41) is 2.67. The van der Waals surface area contributed by atoms with Gasteiger partial charge in [0, 0.05) is 24.4 Å². The lowest BCUT2D eigenvalue weighted by Gasteiger charge is -2.11. The maximum Gasteiger partial charge on any atom is 0.272 e. The molecule has 2 rings (SSSR count). The zero-order valence-corrected chi connectivity index (χ0v) is 11.1. The van der Waals surface area contributed by atoms with Gasteiger partial charge in [0.2, 0.25) is 0 Å². The van der Waals surface area contributed by atoms with E-state index in [4.69, 9.17) is 9.47 Å². The third kappa shape index (κ3) is 2.97. The van der Waals surface area contributed by atoms with E-state index in [2.05, 4.69) is 10.3 Å². The van der Waals surface area contributed by atoms with Gasteiger partial charge in [0.25, 0.3) is 5.91 Å². The van der Waals surface area contributed by atoms with Crippen LogP contribution >= 0.6 is 0 Å². The van der Waals surface area contributed by atoms with Crippen LogP contribution in [0.1, 0.15) is 10.5 Å². The lowest BCUT2D eigenvalue weighted by atomic mass is 10.2. The number of H-pyrrole nitrogens is 1. The van der Waals surface area contributed by atoms with Crippen molar-refractivity contribution >= 4 is 11.6 Å². The quantitative estimate of drug-likeness (QED) is 0.888. The number of ether oxygens (including phenoxy) is 2. The van der Waals surface area contributed by atoms with E-state index in [1.54, 1.807) is 18.2 Å². The Kier molecular flexibility index (Phi) is 4.05. The first-order valence-corrected chi connectivity index (χ1v) is 5.86. The Hall–Kier alpha value is -2.76. The minimum absolute atomic E-state index is 0.169. The molecule has 0 radical (unpaired) electrons. The first kappa shape index (κ1) is 13.7. The number of methoxy groups -OCH3 is 2. The molecular formula is C14H14N2O4. The summed E-state index contributed by atoms with van der Waals surface area (Å²) in [5.41, 5.74) is 0.385. The second kappa shape index (κ2) is 5.92. The highest BCUT2D eigenvalue weighted by Crippen LogP contribution is 2.29. The monoisotopic (exact) mass is 274 g/mol. The number of pyridine rings is 1. The molecule has 6 heteroatoms. The van der Waals surface area contributed by atoms with Crippen molar-refractivity contribution in [1.29, 1.82) is 0 Å². The normalized spacial score (nSPS) is 9.90. The molecule has 0 saturated heterocycles. The number of rotatable bonds is 4. The molecule has 0 fully saturated rings. The van der Waals surface area contributed by atoms with Crippen LogP contribution in [0.3, 0.4) is 0 Å². The van der Waals surface area contributed by atoms with Crippen molar-refractivity contribution in [2.24, 2.45) is 0 Å². The molecule has 1 amide bonds. The molecule has 0 saturated carbocycles. The van der Waals surface area contributed by atoms with E-state index in [9.17, 15) is 9.59 Å². The van der Waals surface area contributed by atoms with Crippen molar-refractivity contribution in [2.45, 2.75) is 0 Å². The lowest BCUT2D eigenvalue weighted by molar-refractivity contribution is 0.102. The number of aromatic amines is 1. The molecule has 2 N–H and O–H groups in total. The van der Waals surface area contributed by atoms with Crippen molar-refractivity contribution < 1.29 is 14.3 Å². The third-order valence-electron chi connectivity index (χ3n) is 2.67. The first-order valence-electron chi connectivity index (χ1n) is 5.86. The molecule has 0 aliphatic carbocycles. The van der Waals surface area contributed by atoms with Gasteiger partial charge in [-0.05, 0) is 12.1 Å². The molecule has 0 bridgehead atoms. The number of hydrogen-bond acceptors (Lipinski definition) is 4. The van der Waals surface area contributed by atoms with Crippen molar-refractivity contribution in [1.82, 2.24) is 4.98 Å². The molecule has 0 unspecified atom stereocenters. The SMILES string of the molecule is COc1ccc(OC)c(NC(=O)c2cc(=O)cc[nH]2)c1. The summed E-state index contributed by atoms with van der Waals surface area (Å²) in [7, 11) is 3.03. The first-order chi connectivity index (χ1) is 9.63. The van der Waals surface area contributed by atoms with E-state index in [-0.39, 0.29) is 11.1 Å². The highest BCUT2D eigenvalue weighted by atomic mass is 16.5. The average Bonchev–Trinajstić information content (AvgIpc) is 2.47. The standard InChI is InChI=1S/C14H14N2O4/c1-19-10-3-4-13(20-2)11(8-10)16-14(18)12-7-9(17)5-6-15-12/h3-8H,1-2H3,(H,15,17)(H,16,18). The fourth-order valence-electron chi connectivity index (χ4n) is 1.68. The van der Waals surface area contributed by atoms with Crippen LogP contribution in [0.4, 0.5) is 5.69 Å². The summed E-state index contributed by atoms with van der Waals surface area (Å²) in [6.45, 7) is 0. The van der Waals surface area contributed by atoms with Gasteiger partial charge in [0.05, 0.1) is 19.9 Å². The summed E-state index contributed by atoms with van der Waals surface area (Å²) >= 11 is 0. The number of nitrogens with one attached hydrogen (secondary N) is 2. The number of aromatic nitrogens is 1. The highest BCUT2D eigenvalue weighted by Gasteiger charge is 2.11. The zero-order chi connectivity index (χ0) is 14.5. The second-order valence-corrected chi connectivity index (χ2v) is 3.96. The van der Waals surface area contributed by atoms with Gasteiger partial charge in [0.1, 0.15) is 17.2 Å². The Morgan fingerprint density at radius 2 is 1.95 bits per heavy atom. The Morgan fingerprint density at radius 1 is 1.15 bits per heavy atom. The molecule has 0 spiro atoms. The van der Waals surface area contributed by atoms with Crippen molar-refractivity contribution in [3.8, 4) is 11.5 Å². The molecule has 1 aromatic carbocycles. The Bertz CT molecular complexity index is 679. The molecule has 0 aliphatic rings. The van der Waals surface area contributed by atoms with Gasteiger partial charge in [-0.2, -0.15) is 0 Å². The second-order valence-electron chi connectivity index (χ2n) is 3.96. The van der Waals surface area contributed by atoms with Crippen molar-refractivity contribution in [3.05, 3.63) is 52.4 Å². The van der Waals surface area contributed by atoms with Gasteiger partial charge in [-0.3, -0.25) is 9.59 Å². The summed E-state index contributed by atoms with van der Waals surface area (Å²) in [5.74, 6) is 0.648. The molecular weight excluding hydrogens is 260 g/mol. The van der Waals surface area contributed by atoms with E-state index >= 15 is 0 Å². The Morgan fingerprint density at radius 3 is 2.60 bits per heavy atom. The summed E-state index contributed by atoms with van der Waals surface area (Å²) in [6.07, 6.45) is 1.42. The Labute approximate surface area is 115 Å². The van der Waals surface area contributed by atoms with Gasteiger partial charge < -0.3 is 19.8 Å². The van der Waals surface area contributed by atoms with Crippen LogP contribution in [-0.2, 0) is 0 Å². The van der Waals surface area contributed by atoms with Crippen LogP contribution in [-0.4, -0.2) is 25.1 Å². The number of benzene rings is 1. The molecule has 2 aromatic rings. The van der Waals surface area contributed by atoms with Crippen molar-refractivity contribution in [3.63, 3.8) is 0 Å². The average molecular weight is 274 g/mol. The van der Waals surface area contributed by atoms with E-state index in [0.717, 1.165) is 0 Å². The van der Waals surface area contributed by atoms with Crippen LogP contribution in [0.2, 0.25) is 0 Å². The van der Waals surface area contributed by atoms with Crippen LogP contribution in [0, 0.1) is 0 Å². The van der Waals surface area contributed by atoms with Gasteiger partial charge in [0.15, 0.2) is 5.43 Å². The van der Waals surface area contributed by atoms with Crippen LogP contribution in [0.5, 0.6) is 11.5 Å². The van der Waals surface area contributed by atoms with Gasteiger partial charge in [-0.15, -0.1) is 0 Å². The number of carbonyl (C=O) groups is 1. The largest absolute Gasteiger partial charge is 0.497 e. The smallest absolute Gasteiger partial charge is 0.272 e. The minimum Gasteiger partial charge on any atom is -0.497 e.